The van der Waals surface area contributed by atoms with Gasteiger partial charge in [0.15, 0.2) is 5.13 Å². The largest absolute Gasteiger partial charge is 0.481 e. The van der Waals surface area contributed by atoms with Crippen molar-refractivity contribution >= 4 is 22.4 Å². The van der Waals surface area contributed by atoms with E-state index in [2.05, 4.69) is 10.3 Å². The molecule has 26 heavy (non-hydrogen) atoms. The van der Waals surface area contributed by atoms with Gasteiger partial charge in [-0.25, -0.2) is 9.37 Å². The molecule has 1 atom stereocenters. The lowest BCUT2D eigenvalue weighted by Gasteiger charge is -2.13. The molecule has 2 N–H and O–H groups in total. The van der Waals surface area contributed by atoms with Crippen molar-refractivity contribution in [3.05, 3.63) is 70.5 Å². The molecule has 1 unspecified atom stereocenters. The maximum atomic E-state index is 14.7. The summed E-state index contributed by atoms with van der Waals surface area (Å²) in [5.41, 5.74) is 2.80. The van der Waals surface area contributed by atoms with Crippen molar-refractivity contribution in [2.45, 2.75) is 19.3 Å². The van der Waals surface area contributed by atoms with Gasteiger partial charge in [0.2, 0.25) is 0 Å². The molecule has 0 amide bonds. The van der Waals surface area contributed by atoms with Gasteiger partial charge in [-0.15, -0.1) is 11.3 Å². The Morgan fingerprint density at radius 1 is 1.27 bits per heavy atom. The molecule has 1 aromatic heterocycles. The van der Waals surface area contributed by atoms with Gasteiger partial charge in [-0.3, -0.25) is 4.79 Å². The second kappa shape index (κ2) is 7.66. The SMILES string of the molecule is CNc1nc(C(C)c2ccc(-c3ccccc3)c(F)c2)c(CC(=O)O)s1. The Bertz CT molecular complexity index is 925. The van der Waals surface area contributed by atoms with Crippen LogP contribution >= 0.6 is 11.3 Å². The molecule has 3 aromatic rings. The predicted molar refractivity (Wildman–Crippen MR) is 102 cm³/mol. The summed E-state index contributed by atoms with van der Waals surface area (Å²) in [6.07, 6.45) is -0.0936. The average molecular weight is 370 g/mol. The summed E-state index contributed by atoms with van der Waals surface area (Å²) in [4.78, 5) is 16.3. The number of carbonyl (C=O) groups is 1. The first kappa shape index (κ1) is 18.1. The molecule has 0 radical (unpaired) electrons. The lowest BCUT2D eigenvalue weighted by molar-refractivity contribution is -0.136. The summed E-state index contributed by atoms with van der Waals surface area (Å²) in [6, 6.07) is 14.5. The van der Waals surface area contributed by atoms with Gasteiger partial charge in [-0.05, 0) is 17.2 Å². The number of nitrogens with zero attached hydrogens (tertiary/aromatic N) is 1. The van der Waals surface area contributed by atoms with Crippen LogP contribution in [0.4, 0.5) is 9.52 Å². The van der Waals surface area contributed by atoms with Crippen molar-refractivity contribution in [2.24, 2.45) is 0 Å². The fraction of sp³-hybridized carbons (Fsp3) is 0.200. The number of hydrogen-bond acceptors (Lipinski definition) is 4. The third kappa shape index (κ3) is 3.75. The van der Waals surface area contributed by atoms with Gasteiger partial charge in [0.1, 0.15) is 5.82 Å². The molecule has 0 saturated heterocycles. The molecule has 134 valence electrons. The standard InChI is InChI=1S/C20H19FN2O2S/c1-12(19-17(11-18(24)25)26-20(22-2)23-19)14-8-9-15(16(21)10-14)13-6-4-3-5-7-13/h3-10,12H,11H2,1-2H3,(H,22,23)(H,24,25). The van der Waals surface area contributed by atoms with E-state index in [1.54, 1.807) is 13.1 Å². The molecule has 0 aliphatic carbocycles. The van der Waals surface area contributed by atoms with Crippen LogP contribution in [0.1, 0.15) is 29.0 Å². The minimum absolute atomic E-state index is 0.0936. The van der Waals surface area contributed by atoms with Crippen molar-refractivity contribution in [2.75, 3.05) is 12.4 Å². The van der Waals surface area contributed by atoms with Crippen LogP contribution in [0.3, 0.4) is 0 Å². The molecule has 3 rings (SSSR count). The molecule has 0 saturated carbocycles. The van der Waals surface area contributed by atoms with Gasteiger partial charge < -0.3 is 10.4 Å². The van der Waals surface area contributed by atoms with Crippen LogP contribution in [0.25, 0.3) is 11.1 Å². The molecule has 0 fully saturated rings. The Morgan fingerprint density at radius 2 is 2.00 bits per heavy atom. The molecule has 0 spiro atoms. The zero-order chi connectivity index (χ0) is 18.7. The zero-order valence-electron chi connectivity index (χ0n) is 14.5. The highest BCUT2D eigenvalue weighted by atomic mass is 32.1. The smallest absolute Gasteiger partial charge is 0.308 e. The number of aromatic nitrogens is 1. The quantitative estimate of drug-likeness (QED) is 0.656. The molecule has 2 aromatic carbocycles. The van der Waals surface area contributed by atoms with E-state index in [9.17, 15) is 9.18 Å². The highest BCUT2D eigenvalue weighted by Gasteiger charge is 2.21. The normalized spacial score (nSPS) is 12.0. The summed E-state index contributed by atoms with van der Waals surface area (Å²) in [5, 5.41) is 12.7. The molecule has 6 heteroatoms. The van der Waals surface area contributed by atoms with Crippen molar-refractivity contribution in [1.29, 1.82) is 0 Å². The van der Waals surface area contributed by atoms with Crippen molar-refractivity contribution in [1.82, 2.24) is 4.98 Å². The highest BCUT2D eigenvalue weighted by Crippen LogP contribution is 2.34. The number of anilines is 1. The summed E-state index contributed by atoms with van der Waals surface area (Å²) in [5.74, 6) is -1.42. The van der Waals surface area contributed by atoms with Gasteiger partial charge in [0.05, 0.1) is 12.1 Å². The average Bonchev–Trinajstić information content (AvgIpc) is 3.04. The van der Waals surface area contributed by atoms with Crippen LogP contribution in [-0.2, 0) is 11.2 Å². The lowest BCUT2D eigenvalue weighted by Crippen LogP contribution is -2.05. The molecule has 1 heterocycles. The van der Waals surface area contributed by atoms with E-state index in [1.807, 2.05) is 43.3 Å². The van der Waals surface area contributed by atoms with E-state index in [0.717, 1.165) is 11.1 Å². The van der Waals surface area contributed by atoms with Crippen molar-refractivity contribution < 1.29 is 14.3 Å². The van der Waals surface area contributed by atoms with Crippen LogP contribution in [0.2, 0.25) is 0 Å². The third-order valence-corrected chi connectivity index (χ3v) is 5.33. The topological polar surface area (TPSA) is 62.2 Å². The van der Waals surface area contributed by atoms with Gasteiger partial charge >= 0.3 is 5.97 Å². The van der Waals surface area contributed by atoms with Gasteiger partial charge in [-0.2, -0.15) is 0 Å². The summed E-state index contributed by atoms with van der Waals surface area (Å²) in [7, 11) is 1.74. The van der Waals surface area contributed by atoms with E-state index in [0.29, 0.717) is 21.3 Å². The highest BCUT2D eigenvalue weighted by molar-refractivity contribution is 7.15. The molecule has 0 aliphatic heterocycles. The first-order valence-electron chi connectivity index (χ1n) is 8.23. The van der Waals surface area contributed by atoms with Crippen LogP contribution in [0.5, 0.6) is 0 Å². The fourth-order valence-electron chi connectivity index (χ4n) is 2.88. The minimum Gasteiger partial charge on any atom is -0.481 e. The molecule has 0 aliphatic rings. The van der Waals surface area contributed by atoms with E-state index < -0.39 is 5.97 Å². The summed E-state index contributed by atoms with van der Waals surface area (Å²) >= 11 is 1.32. The predicted octanol–water partition coefficient (Wildman–Crippen LogP) is 4.77. The minimum atomic E-state index is -0.907. The van der Waals surface area contributed by atoms with Crippen LogP contribution in [0.15, 0.2) is 48.5 Å². The maximum absolute atomic E-state index is 14.7. The van der Waals surface area contributed by atoms with Gasteiger partial charge in [0.25, 0.3) is 0 Å². The number of nitrogens with one attached hydrogen (secondary N) is 1. The van der Waals surface area contributed by atoms with E-state index >= 15 is 0 Å². The third-order valence-electron chi connectivity index (χ3n) is 4.24. The second-order valence-corrected chi connectivity index (χ2v) is 7.06. The number of aliphatic carboxylic acids is 1. The van der Waals surface area contributed by atoms with Crippen molar-refractivity contribution in [3.63, 3.8) is 0 Å². The van der Waals surface area contributed by atoms with Crippen molar-refractivity contribution in [3.8, 4) is 11.1 Å². The Labute approximate surface area is 155 Å². The molecular weight excluding hydrogens is 351 g/mol. The Hall–Kier alpha value is -2.73. The lowest BCUT2D eigenvalue weighted by atomic mass is 9.94. The molecular formula is C20H19FN2O2S. The summed E-state index contributed by atoms with van der Waals surface area (Å²) < 4.78 is 14.7. The Morgan fingerprint density at radius 3 is 2.62 bits per heavy atom. The molecule has 0 bridgehead atoms. The van der Waals surface area contributed by atoms with Gasteiger partial charge in [0, 0.05) is 23.4 Å². The van der Waals surface area contributed by atoms with Crippen LogP contribution < -0.4 is 5.32 Å². The number of hydrogen-bond donors (Lipinski definition) is 2. The van der Waals surface area contributed by atoms with E-state index in [4.69, 9.17) is 5.11 Å². The number of rotatable bonds is 6. The number of thiazole rings is 1. The monoisotopic (exact) mass is 370 g/mol. The van der Waals surface area contributed by atoms with E-state index in [1.165, 1.54) is 17.4 Å². The number of carboxylic acids is 1. The van der Waals surface area contributed by atoms with Crippen LogP contribution in [-0.4, -0.2) is 23.1 Å². The zero-order valence-corrected chi connectivity index (χ0v) is 15.3. The summed E-state index contributed by atoms with van der Waals surface area (Å²) in [6.45, 7) is 1.91. The molecule has 4 nitrogen and oxygen atoms in total. The maximum Gasteiger partial charge on any atom is 0.308 e. The first-order valence-corrected chi connectivity index (χ1v) is 9.05. The van der Waals surface area contributed by atoms with Gasteiger partial charge in [-0.1, -0.05) is 49.4 Å². The number of halogens is 1. The van der Waals surface area contributed by atoms with E-state index in [-0.39, 0.29) is 18.2 Å². The first-order chi connectivity index (χ1) is 12.5. The fourth-order valence-corrected chi connectivity index (χ4v) is 3.89. The van der Waals surface area contributed by atoms with Crippen LogP contribution in [0, 0.1) is 5.82 Å². The number of carboxylic acid groups (broad SMARTS) is 1. The Kier molecular flexibility index (Phi) is 5.32. The second-order valence-electron chi connectivity index (χ2n) is 5.97. The Balaban J connectivity index is 1.96. The number of benzene rings is 2.